The van der Waals surface area contributed by atoms with Gasteiger partial charge in [-0.05, 0) is 19.3 Å². The first kappa shape index (κ1) is 13.5. The summed E-state index contributed by atoms with van der Waals surface area (Å²) in [5.41, 5.74) is 0. The van der Waals surface area contributed by atoms with Crippen LogP contribution < -0.4 is 5.32 Å². The van der Waals surface area contributed by atoms with Crippen molar-refractivity contribution in [1.82, 2.24) is 14.9 Å². The maximum Gasteiger partial charge on any atom is 0.122 e. The van der Waals surface area contributed by atoms with Crippen LogP contribution in [0.2, 0.25) is 0 Å². The van der Waals surface area contributed by atoms with Gasteiger partial charge in [0.2, 0.25) is 0 Å². The van der Waals surface area contributed by atoms with Gasteiger partial charge in [0.1, 0.15) is 5.82 Å². The Kier molecular flexibility index (Phi) is 5.64. The zero-order valence-corrected chi connectivity index (χ0v) is 11.1. The molecule has 0 aromatic carbocycles. The summed E-state index contributed by atoms with van der Waals surface area (Å²) < 4.78 is 12.6. The normalized spacial score (nSPS) is 15.2. The minimum absolute atomic E-state index is 0.668. The van der Waals surface area contributed by atoms with E-state index in [1.807, 2.05) is 12.4 Å². The van der Waals surface area contributed by atoms with Crippen molar-refractivity contribution in [2.75, 3.05) is 26.9 Å². The first-order chi connectivity index (χ1) is 8.90. The molecule has 18 heavy (non-hydrogen) atoms. The average molecular weight is 253 g/mol. The van der Waals surface area contributed by atoms with Crippen LogP contribution in [0.25, 0.3) is 0 Å². The molecule has 0 radical (unpaired) electrons. The summed E-state index contributed by atoms with van der Waals surface area (Å²) >= 11 is 0. The highest BCUT2D eigenvalue weighted by molar-refractivity contribution is 4.94. The molecule has 0 amide bonds. The standard InChI is InChI=1S/C13H23N3O2/c1-17-9-10-18-8-2-6-16-7-5-14-13(16)11-15-12-3-4-12/h5,7,12,15H,2-4,6,8-11H2,1H3. The van der Waals surface area contributed by atoms with Gasteiger partial charge in [0.15, 0.2) is 0 Å². The topological polar surface area (TPSA) is 48.3 Å². The third kappa shape index (κ3) is 4.76. The minimum atomic E-state index is 0.668. The molecule has 1 aromatic rings. The van der Waals surface area contributed by atoms with Gasteiger partial charge in [-0.2, -0.15) is 0 Å². The number of aromatic nitrogens is 2. The summed E-state index contributed by atoms with van der Waals surface area (Å²) in [5, 5.41) is 3.49. The molecule has 0 bridgehead atoms. The SMILES string of the molecule is COCCOCCCn1ccnc1CNC1CC1. The molecule has 0 unspecified atom stereocenters. The monoisotopic (exact) mass is 253 g/mol. The smallest absolute Gasteiger partial charge is 0.122 e. The van der Waals surface area contributed by atoms with E-state index in [4.69, 9.17) is 9.47 Å². The molecule has 102 valence electrons. The maximum absolute atomic E-state index is 5.45. The van der Waals surface area contributed by atoms with E-state index >= 15 is 0 Å². The van der Waals surface area contributed by atoms with Crippen molar-refractivity contribution in [2.24, 2.45) is 0 Å². The summed E-state index contributed by atoms with van der Waals surface area (Å²) in [6.07, 6.45) is 7.55. The zero-order valence-electron chi connectivity index (χ0n) is 11.1. The number of hydrogen-bond acceptors (Lipinski definition) is 4. The third-order valence-corrected chi connectivity index (χ3v) is 3.05. The van der Waals surface area contributed by atoms with E-state index in [1.54, 1.807) is 7.11 Å². The lowest BCUT2D eigenvalue weighted by Gasteiger charge is -2.08. The van der Waals surface area contributed by atoms with E-state index in [-0.39, 0.29) is 0 Å². The molecule has 1 aliphatic carbocycles. The Morgan fingerprint density at radius 1 is 1.39 bits per heavy atom. The number of aryl methyl sites for hydroxylation is 1. The van der Waals surface area contributed by atoms with Crippen molar-refractivity contribution in [3.8, 4) is 0 Å². The van der Waals surface area contributed by atoms with E-state index in [0.717, 1.165) is 38.0 Å². The number of ether oxygens (including phenoxy) is 2. The molecular formula is C13H23N3O2. The molecule has 5 heteroatoms. The molecule has 1 fully saturated rings. The molecule has 0 spiro atoms. The molecule has 0 atom stereocenters. The Labute approximate surface area is 108 Å². The van der Waals surface area contributed by atoms with Crippen molar-refractivity contribution in [3.05, 3.63) is 18.2 Å². The van der Waals surface area contributed by atoms with Crippen molar-refractivity contribution in [2.45, 2.75) is 38.4 Å². The largest absolute Gasteiger partial charge is 0.382 e. The molecule has 0 saturated heterocycles. The van der Waals surface area contributed by atoms with Crippen molar-refractivity contribution in [3.63, 3.8) is 0 Å². The predicted octanol–water partition coefficient (Wildman–Crippen LogP) is 1.19. The predicted molar refractivity (Wildman–Crippen MR) is 69.4 cm³/mol. The molecule has 0 aliphatic heterocycles. The van der Waals surface area contributed by atoms with Gasteiger partial charge in [-0.15, -0.1) is 0 Å². The number of hydrogen-bond donors (Lipinski definition) is 1. The van der Waals surface area contributed by atoms with E-state index in [0.29, 0.717) is 13.2 Å². The fourth-order valence-electron chi connectivity index (χ4n) is 1.82. The van der Waals surface area contributed by atoms with E-state index in [9.17, 15) is 0 Å². The van der Waals surface area contributed by atoms with Gasteiger partial charge in [0, 0.05) is 38.7 Å². The van der Waals surface area contributed by atoms with Crippen LogP contribution >= 0.6 is 0 Å². The Bertz CT molecular complexity index is 337. The lowest BCUT2D eigenvalue weighted by atomic mass is 10.4. The van der Waals surface area contributed by atoms with Gasteiger partial charge in [0.05, 0.1) is 19.8 Å². The van der Waals surface area contributed by atoms with Crippen LogP contribution in [0.1, 0.15) is 25.1 Å². The van der Waals surface area contributed by atoms with Gasteiger partial charge in [-0.3, -0.25) is 0 Å². The van der Waals surface area contributed by atoms with Crippen LogP contribution in [-0.2, 0) is 22.6 Å². The second-order valence-electron chi connectivity index (χ2n) is 4.65. The number of nitrogens with one attached hydrogen (secondary N) is 1. The number of rotatable bonds is 10. The van der Waals surface area contributed by atoms with E-state index in [1.165, 1.54) is 12.8 Å². The summed E-state index contributed by atoms with van der Waals surface area (Å²) in [5.74, 6) is 1.12. The van der Waals surface area contributed by atoms with Crippen LogP contribution in [0.4, 0.5) is 0 Å². The minimum Gasteiger partial charge on any atom is -0.382 e. The number of nitrogens with zero attached hydrogens (tertiary/aromatic N) is 2. The Morgan fingerprint density at radius 2 is 2.28 bits per heavy atom. The molecule has 1 N–H and O–H groups in total. The third-order valence-electron chi connectivity index (χ3n) is 3.05. The van der Waals surface area contributed by atoms with Crippen molar-refractivity contribution < 1.29 is 9.47 Å². The Morgan fingerprint density at radius 3 is 3.06 bits per heavy atom. The molecule has 1 aromatic heterocycles. The van der Waals surface area contributed by atoms with Crippen LogP contribution in [0, 0.1) is 0 Å². The van der Waals surface area contributed by atoms with Crippen LogP contribution in [-0.4, -0.2) is 42.5 Å². The van der Waals surface area contributed by atoms with Crippen molar-refractivity contribution in [1.29, 1.82) is 0 Å². The van der Waals surface area contributed by atoms with E-state index < -0.39 is 0 Å². The molecule has 1 saturated carbocycles. The second kappa shape index (κ2) is 7.51. The summed E-state index contributed by atoms with van der Waals surface area (Å²) in [7, 11) is 1.69. The highest BCUT2D eigenvalue weighted by Gasteiger charge is 2.20. The molecule has 2 rings (SSSR count). The van der Waals surface area contributed by atoms with Gasteiger partial charge in [0.25, 0.3) is 0 Å². The molecule has 1 aliphatic rings. The summed E-state index contributed by atoms with van der Waals surface area (Å²) in [6, 6.07) is 0.729. The average Bonchev–Trinajstić information content (AvgIpc) is 3.11. The van der Waals surface area contributed by atoms with Crippen LogP contribution in [0.3, 0.4) is 0 Å². The quantitative estimate of drug-likeness (QED) is 0.636. The Hall–Kier alpha value is -0.910. The van der Waals surface area contributed by atoms with Gasteiger partial charge < -0.3 is 19.4 Å². The summed E-state index contributed by atoms with van der Waals surface area (Å²) in [4.78, 5) is 4.38. The first-order valence-electron chi connectivity index (χ1n) is 6.70. The first-order valence-corrected chi connectivity index (χ1v) is 6.70. The van der Waals surface area contributed by atoms with Gasteiger partial charge in [-0.25, -0.2) is 4.98 Å². The highest BCUT2D eigenvalue weighted by Crippen LogP contribution is 2.19. The maximum atomic E-state index is 5.45. The highest BCUT2D eigenvalue weighted by atomic mass is 16.5. The molecule has 1 heterocycles. The van der Waals surface area contributed by atoms with Gasteiger partial charge in [-0.1, -0.05) is 0 Å². The van der Waals surface area contributed by atoms with Crippen LogP contribution in [0.5, 0.6) is 0 Å². The fourth-order valence-corrected chi connectivity index (χ4v) is 1.82. The van der Waals surface area contributed by atoms with E-state index in [2.05, 4.69) is 14.9 Å². The van der Waals surface area contributed by atoms with Crippen LogP contribution in [0.15, 0.2) is 12.4 Å². The van der Waals surface area contributed by atoms with Gasteiger partial charge >= 0.3 is 0 Å². The van der Waals surface area contributed by atoms with Crippen molar-refractivity contribution >= 4 is 0 Å². The summed E-state index contributed by atoms with van der Waals surface area (Å²) in [6.45, 7) is 3.96. The lowest BCUT2D eigenvalue weighted by molar-refractivity contribution is 0.0679. The molecule has 5 nitrogen and oxygen atoms in total. The second-order valence-corrected chi connectivity index (χ2v) is 4.65. The fraction of sp³-hybridized carbons (Fsp3) is 0.769. The molecular weight excluding hydrogens is 230 g/mol. The number of imidazole rings is 1. The lowest BCUT2D eigenvalue weighted by Crippen LogP contribution is -2.19. The zero-order chi connectivity index (χ0) is 12.6. The Balaban J connectivity index is 1.60. The number of methoxy groups -OCH3 is 1.